The molecule has 0 spiro atoms. The van der Waals surface area contributed by atoms with Crippen molar-refractivity contribution in [1.82, 2.24) is 0 Å². The summed E-state index contributed by atoms with van der Waals surface area (Å²) in [5.41, 5.74) is 3.78. The van der Waals surface area contributed by atoms with Crippen LogP contribution in [0.5, 0.6) is 11.5 Å². The van der Waals surface area contributed by atoms with Gasteiger partial charge in [0, 0.05) is 19.3 Å². The Balaban J connectivity index is 1.48. The minimum atomic E-state index is -0.356. The van der Waals surface area contributed by atoms with E-state index in [0.717, 1.165) is 48.6 Å². The molecule has 4 heteroatoms. The molecule has 0 saturated heterocycles. The molecule has 0 unspecified atom stereocenters. The highest BCUT2D eigenvalue weighted by molar-refractivity contribution is 5.91. The van der Waals surface area contributed by atoms with Gasteiger partial charge >= 0.3 is 5.97 Å². The van der Waals surface area contributed by atoms with Crippen LogP contribution < -0.4 is 14.4 Å². The Morgan fingerprint density at radius 2 is 1.32 bits per heavy atom. The molecule has 0 aliphatic carbocycles. The van der Waals surface area contributed by atoms with Gasteiger partial charge in [-0.05, 0) is 72.0 Å². The number of esters is 1. The number of carbonyl (C=O) groups is 1. The number of anilines is 1. The molecular weight excluding hydrogens is 458 g/mol. The topological polar surface area (TPSA) is 38.8 Å². The number of carbonyl (C=O) groups excluding carboxylic acids is 1. The SMILES string of the molecule is CCCCCCCCOc1ccc(-c2ccc(C(=O)Oc3ccc(N(C)C[C@@H](C)CC)cc3)cc2)cc1. The molecule has 0 aromatic heterocycles. The standard InChI is InChI=1S/C33H43NO3/c1-5-7-8-9-10-11-24-36-31-20-16-28(17-21-31)27-12-14-29(15-13-27)33(35)37-32-22-18-30(19-23-32)34(4)25-26(3)6-2/h12-23,26H,5-11,24-25H2,1-4H3/t26-/m0/s1. The fourth-order valence-electron chi connectivity index (χ4n) is 4.25. The van der Waals surface area contributed by atoms with E-state index < -0.39 is 0 Å². The third-order valence-electron chi connectivity index (χ3n) is 6.85. The molecule has 4 nitrogen and oxygen atoms in total. The molecule has 3 aromatic carbocycles. The Morgan fingerprint density at radius 1 is 0.757 bits per heavy atom. The molecule has 0 aliphatic heterocycles. The summed E-state index contributed by atoms with van der Waals surface area (Å²) in [6.45, 7) is 8.46. The van der Waals surface area contributed by atoms with Gasteiger partial charge in [-0.2, -0.15) is 0 Å². The quantitative estimate of drug-likeness (QED) is 0.118. The second-order valence-corrected chi connectivity index (χ2v) is 10.00. The van der Waals surface area contributed by atoms with E-state index in [-0.39, 0.29) is 5.97 Å². The van der Waals surface area contributed by atoms with Gasteiger partial charge in [-0.25, -0.2) is 4.79 Å². The van der Waals surface area contributed by atoms with Crippen molar-refractivity contribution in [2.24, 2.45) is 5.92 Å². The lowest BCUT2D eigenvalue weighted by atomic mass is 10.0. The molecule has 0 N–H and O–H groups in total. The van der Waals surface area contributed by atoms with Crippen LogP contribution in [-0.4, -0.2) is 26.2 Å². The largest absolute Gasteiger partial charge is 0.494 e. The smallest absolute Gasteiger partial charge is 0.343 e. The van der Waals surface area contributed by atoms with E-state index in [1.54, 1.807) is 0 Å². The first kappa shape index (κ1) is 28.3. The average molecular weight is 502 g/mol. The zero-order chi connectivity index (χ0) is 26.5. The van der Waals surface area contributed by atoms with Gasteiger partial charge in [-0.15, -0.1) is 0 Å². The molecule has 0 fully saturated rings. The Labute approximate surface area is 223 Å². The highest BCUT2D eigenvalue weighted by Gasteiger charge is 2.11. The normalized spacial score (nSPS) is 11.7. The molecule has 0 saturated carbocycles. The lowest BCUT2D eigenvalue weighted by molar-refractivity contribution is 0.0735. The number of nitrogens with zero attached hydrogens (tertiary/aromatic N) is 1. The predicted molar refractivity (Wildman–Crippen MR) is 155 cm³/mol. The molecule has 1 atom stereocenters. The summed E-state index contributed by atoms with van der Waals surface area (Å²) in [5, 5.41) is 0. The van der Waals surface area contributed by atoms with E-state index in [0.29, 0.717) is 17.2 Å². The van der Waals surface area contributed by atoms with Gasteiger partial charge < -0.3 is 14.4 Å². The summed E-state index contributed by atoms with van der Waals surface area (Å²) in [7, 11) is 2.09. The second-order valence-electron chi connectivity index (χ2n) is 10.00. The summed E-state index contributed by atoms with van der Waals surface area (Å²) < 4.78 is 11.5. The highest BCUT2D eigenvalue weighted by atomic mass is 16.5. The zero-order valence-corrected chi connectivity index (χ0v) is 23.0. The maximum absolute atomic E-state index is 12.7. The number of ether oxygens (including phenoxy) is 2. The number of hydrogen-bond donors (Lipinski definition) is 0. The van der Waals surface area contributed by atoms with Crippen LogP contribution in [0, 0.1) is 5.92 Å². The molecule has 0 bridgehead atoms. The fraction of sp³-hybridized carbons (Fsp3) is 0.424. The fourth-order valence-corrected chi connectivity index (χ4v) is 4.25. The average Bonchev–Trinajstić information content (AvgIpc) is 2.93. The number of unbranched alkanes of at least 4 members (excludes halogenated alkanes) is 5. The summed E-state index contributed by atoms with van der Waals surface area (Å²) in [6, 6.07) is 23.4. The lowest BCUT2D eigenvalue weighted by Crippen LogP contribution is -2.23. The maximum atomic E-state index is 12.7. The van der Waals surface area contributed by atoms with Crippen molar-refractivity contribution < 1.29 is 14.3 Å². The van der Waals surface area contributed by atoms with Gasteiger partial charge in [0.2, 0.25) is 0 Å². The first-order chi connectivity index (χ1) is 18.0. The Hall–Kier alpha value is -3.27. The number of hydrogen-bond acceptors (Lipinski definition) is 4. The van der Waals surface area contributed by atoms with Gasteiger partial charge in [0.1, 0.15) is 11.5 Å². The van der Waals surface area contributed by atoms with Gasteiger partial charge in [0.15, 0.2) is 0 Å². The molecule has 37 heavy (non-hydrogen) atoms. The van der Waals surface area contributed by atoms with Crippen LogP contribution in [-0.2, 0) is 0 Å². The van der Waals surface area contributed by atoms with Gasteiger partial charge in [0.25, 0.3) is 0 Å². The van der Waals surface area contributed by atoms with E-state index in [1.807, 2.05) is 60.7 Å². The van der Waals surface area contributed by atoms with Crippen LogP contribution >= 0.6 is 0 Å². The van der Waals surface area contributed by atoms with Crippen molar-refractivity contribution in [2.45, 2.75) is 65.7 Å². The van der Waals surface area contributed by atoms with Crippen LogP contribution in [0.15, 0.2) is 72.8 Å². The number of rotatable bonds is 15. The van der Waals surface area contributed by atoms with Crippen molar-refractivity contribution in [3.8, 4) is 22.6 Å². The van der Waals surface area contributed by atoms with Crippen molar-refractivity contribution in [2.75, 3.05) is 25.1 Å². The van der Waals surface area contributed by atoms with E-state index in [9.17, 15) is 4.79 Å². The molecule has 0 aliphatic rings. The van der Waals surface area contributed by atoms with E-state index >= 15 is 0 Å². The molecule has 0 amide bonds. The van der Waals surface area contributed by atoms with Crippen LogP contribution in [0.2, 0.25) is 0 Å². The van der Waals surface area contributed by atoms with Crippen molar-refractivity contribution >= 4 is 11.7 Å². The Bertz CT molecular complexity index is 1060. The monoisotopic (exact) mass is 501 g/mol. The minimum absolute atomic E-state index is 0.356. The minimum Gasteiger partial charge on any atom is -0.494 e. The summed E-state index contributed by atoms with van der Waals surface area (Å²) in [5.74, 6) is 1.72. The van der Waals surface area contributed by atoms with E-state index in [1.165, 1.54) is 32.1 Å². The van der Waals surface area contributed by atoms with E-state index in [4.69, 9.17) is 9.47 Å². The van der Waals surface area contributed by atoms with Crippen LogP contribution in [0.4, 0.5) is 5.69 Å². The Kier molecular flexibility index (Phi) is 11.5. The second kappa shape index (κ2) is 15.1. The predicted octanol–water partition coefficient (Wildman–Crippen LogP) is 8.79. The first-order valence-corrected chi connectivity index (χ1v) is 13.9. The summed E-state index contributed by atoms with van der Waals surface area (Å²) in [4.78, 5) is 14.9. The molecule has 3 rings (SSSR count). The molecule has 3 aromatic rings. The van der Waals surface area contributed by atoms with E-state index in [2.05, 4.69) is 44.9 Å². The summed E-state index contributed by atoms with van der Waals surface area (Å²) >= 11 is 0. The molecule has 0 radical (unpaired) electrons. The van der Waals surface area contributed by atoms with Gasteiger partial charge in [-0.1, -0.05) is 83.6 Å². The lowest BCUT2D eigenvalue weighted by Gasteiger charge is -2.22. The van der Waals surface area contributed by atoms with Crippen LogP contribution in [0.1, 0.15) is 76.1 Å². The molecule has 0 heterocycles. The highest BCUT2D eigenvalue weighted by Crippen LogP contribution is 2.24. The van der Waals surface area contributed by atoms with Crippen molar-refractivity contribution in [3.05, 3.63) is 78.4 Å². The Morgan fingerprint density at radius 3 is 1.95 bits per heavy atom. The maximum Gasteiger partial charge on any atom is 0.343 e. The van der Waals surface area contributed by atoms with Gasteiger partial charge in [-0.3, -0.25) is 0 Å². The van der Waals surface area contributed by atoms with Gasteiger partial charge in [0.05, 0.1) is 12.2 Å². The van der Waals surface area contributed by atoms with Crippen molar-refractivity contribution in [3.63, 3.8) is 0 Å². The van der Waals surface area contributed by atoms with Crippen LogP contribution in [0.25, 0.3) is 11.1 Å². The molecular formula is C33H43NO3. The zero-order valence-electron chi connectivity index (χ0n) is 23.0. The summed E-state index contributed by atoms with van der Waals surface area (Å²) in [6.07, 6.45) is 8.71. The third-order valence-corrected chi connectivity index (χ3v) is 6.85. The third kappa shape index (κ3) is 9.27. The van der Waals surface area contributed by atoms with Crippen LogP contribution in [0.3, 0.4) is 0 Å². The molecule has 198 valence electrons. The van der Waals surface area contributed by atoms with Crippen molar-refractivity contribution in [1.29, 1.82) is 0 Å². The number of benzene rings is 3. The first-order valence-electron chi connectivity index (χ1n) is 13.9.